The summed E-state index contributed by atoms with van der Waals surface area (Å²) in [5.74, 6) is -0.495. The molecule has 9 nitrogen and oxygen atoms in total. The summed E-state index contributed by atoms with van der Waals surface area (Å²) < 4.78 is 40.6. The van der Waals surface area contributed by atoms with Crippen LogP contribution in [0.3, 0.4) is 0 Å². The number of nitrogens with two attached hydrogens (primary N) is 1. The van der Waals surface area contributed by atoms with Crippen molar-refractivity contribution >= 4 is 21.7 Å². The number of nitriles is 1. The summed E-state index contributed by atoms with van der Waals surface area (Å²) in [6, 6.07) is 6.98. The van der Waals surface area contributed by atoms with Crippen molar-refractivity contribution in [3.63, 3.8) is 0 Å². The van der Waals surface area contributed by atoms with E-state index in [4.69, 9.17) is 5.73 Å². The molecule has 1 unspecified atom stereocenters. The number of benzene rings is 1. The zero-order valence-corrected chi connectivity index (χ0v) is 18.7. The van der Waals surface area contributed by atoms with Crippen LogP contribution in [-0.2, 0) is 21.2 Å². The second-order valence-corrected chi connectivity index (χ2v) is 9.73. The Morgan fingerprint density at radius 3 is 2.75 bits per heavy atom. The van der Waals surface area contributed by atoms with Crippen molar-refractivity contribution in [1.29, 1.82) is 5.26 Å². The summed E-state index contributed by atoms with van der Waals surface area (Å²) >= 11 is 0. The Labute approximate surface area is 187 Å². The number of nitrogens with zero attached hydrogens (tertiary/aromatic N) is 4. The molecule has 1 aromatic carbocycles. The molecule has 1 amide bonds. The van der Waals surface area contributed by atoms with E-state index in [0.717, 1.165) is 0 Å². The van der Waals surface area contributed by atoms with E-state index in [0.29, 0.717) is 56.6 Å². The predicted molar refractivity (Wildman–Crippen MR) is 118 cm³/mol. The first-order valence-corrected chi connectivity index (χ1v) is 12.2. The van der Waals surface area contributed by atoms with Crippen molar-refractivity contribution in [3.05, 3.63) is 41.3 Å². The van der Waals surface area contributed by atoms with E-state index in [9.17, 15) is 22.9 Å². The summed E-state index contributed by atoms with van der Waals surface area (Å²) in [6.45, 7) is 2.47. The number of anilines is 1. The van der Waals surface area contributed by atoms with E-state index in [-0.39, 0.29) is 28.9 Å². The number of hydrogen-bond acceptors (Lipinski definition) is 6. The number of amides is 1. The van der Waals surface area contributed by atoms with Crippen LogP contribution in [0.2, 0.25) is 0 Å². The largest absolute Gasteiger partial charge is 0.382 e. The van der Waals surface area contributed by atoms with Gasteiger partial charge in [-0.2, -0.15) is 14.7 Å². The lowest BCUT2D eigenvalue weighted by Gasteiger charge is -2.23. The van der Waals surface area contributed by atoms with Crippen molar-refractivity contribution in [1.82, 2.24) is 19.4 Å². The Morgan fingerprint density at radius 2 is 2.09 bits per heavy atom. The van der Waals surface area contributed by atoms with Gasteiger partial charge in [0, 0.05) is 13.1 Å². The SMILES string of the molecule is CCCS(=O)(=O)N1CCCC1C(=O)NCCCc1nn(-c2ccc(F)cc2)c(N)c1C#N. The van der Waals surface area contributed by atoms with E-state index in [1.807, 2.05) is 0 Å². The maximum absolute atomic E-state index is 13.2. The minimum atomic E-state index is -3.43. The summed E-state index contributed by atoms with van der Waals surface area (Å²) in [5.41, 5.74) is 7.32. The fourth-order valence-corrected chi connectivity index (χ4v) is 5.60. The molecule has 0 aliphatic carbocycles. The van der Waals surface area contributed by atoms with Gasteiger partial charge < -0.3 is 11.1 Å². The fourth-order valence-electron chi connectivity index (χ4n) is 3.85. The second kappa shape index (κ2) is 10.1. The molecule has 3 rings (SSSR count). The Hall–Kier alpha value is -2.97. The van der Waals surface area contributed by atoms with Gasteiger partial charge in [0.1, 0.15) is 29.3 Å². The number of carbonyl (C=O) groups excluding carboxylic acids is 1. The molecule has 3 N–H and O–H groups in total. The number of aryl methyl sites for hydroxylation is 1. The highest BCUT2D eigenvalue weighted by molar-refractivity contribution is 7.89. The molecule has 0 radical (unpaired) electrons. The standard InChI is InChI=1S/C21H27FN6O3S/c1-2-13-32(30,31)27-12-4-6-19(27)21(29)25-11-3-5-18-17(14-23)20(24)28(26-18)16-9-7-15(22)8-10-16/h7-10,19H,2-6,11-13,24H2,1H3,(H,25,29). The maximum atomic E-state index is 13.2. The van der Waals surface area contributed by atoms with Gasteiger partial charge in [-0.05, 0) is 56.4 Å². The number of carbonyl (C=O) groups is 1. The first kappa shape index (κ1) is 23.7. The van der Waals surface area contributed by atoms with Crippen molar-refractivity contribution in [3.8, 4) is 11.8 Å². The summed E-state index contributed by atoms with van der Waals surface area (Å²) in [5, 5.41) is 16.7. The second-order valence-electron chi connectivity index (χ2n) is 7.69. The van der Waals surface area contributed by atoms with Gasteiger partial charge in [0.25, 0.3) is 0 Å². The van der Waals surface area contributed by atoms with E-state index in [1.54, 1.807) is 6.92 Å². The van der Waals surface area contributed by atoms with Crippen LogP contribution < -0.4 is 11.1 Å². The predicted octanol–water partition coefficient (Wildman–Crippen LogP) is 1.72. The van der Waals surface area contributed by atoms with Gasteiger partial charge in [0.05, 0.1) is 17.1 Å². The average molecular weight is 463 g/mol. The molecule has 32 heavy (non-hydrogen) atoms. The molecule has 1 aromatic heterocycles. The number of aromatic nitrogens is 2. The summed E-state index contributed by atoms with van der Waals surface area (Å²) in [4.78, 5) is 12.6. The van der Waals surface area contributed by atoms with Crippen molar-refractivity contribution in [2.75, 3.05) is 24.6 Å². The molecule has 2 aromatic rings. The van der Waals surface area contributed by atoms with Crippen molar-refractivity contribution in [2.24, 2.45) is 0 Å². The Morgan fingerprint density at radius 1 is 1.38 bits per heavy atom. The van der Waals surface area contributed by atoms with Crippen molar-refractivity contribution < 1.29 is 17.6 Å². The van der Waals surface area contributed by atoms with Crippen molar-refractivity contribution in [2.45, 2.75) is 45.1 Å². The van der Waals surface area contributed by atoms with Crippen LogP contribution in [0.25, 0.3) is 5.69 Å². The molecule has 1 aliphatic heterocycles. The Balaban J connectivity index is 1.60. The molecule has 1 atom stereocenters. The molecule has 0 spiro atoms. The number of halogens is 1. The average Bonchev–Trinajstić information content (AvgIpc) is 3.37. The van der Waals surface area contributed by atoms with Gasteiger partial charge in [-0.25, -0.2) is 17.5 Å². The molecule has 11 heteroatoms. The van der Waals surface area contributed by atoms with E-state index < -0.39 is 16.1 Å². The van der Waals surface area contributed by atoms with Gasteiger partial charge in [0.15, 0.2) is 0 Å². The molecule has 1 aliphatic rings. The van der Waals surface area contributed by atoms with Gasteiger partial charge in [-0.15, -0.1) is 0 Å². The number of rotatable bonds is 9. The third-order valence-electron chi connectivity index (χ3n) is 5.39. The molecule has 1 fully saturated rings. The summed E-state index contributed by atoms with van der Waals surface area (Å²) in [6.07, 6.45) is 2.56. The lowest BCUT2D eigenvalue weighted by atomic mass is 10.1. The van der Waals surface area contributed by atoms with Gasteiger partial charge in [0.2, 0.25) is 15.9 Å². The lowest BCUT2D eigenvalue weighted by Crippen LogP contribution is -2.46. The number of hydrogen-bond donors (Lipinski definition) is 2. The van der Waals surface area contributed by atoms with E-state index in [2.05, 4.69) is 16.5 Å². The number of nitrogens with one attached hydrogen (secondary N) is 1. The van der Waals surface area contributed by atoms with Crippen LogP contribution in [0.4, 0.5) is 10.2 Å². The number of sulfonamides is 1. The highest BCUT2D eigenvalue weighted by Gasteiger charge is 2.37. The fraction of sp³-hybridized carbons (Fsp3) is 0.476. The Bertz CT molecular complexity index is 1110. The molecular weight excluding hydrogens is 435 g/mol. The quantitative estimate of drug-likeness (QED) is 0.545. The maximum Gasteiger partial charge on any atom is 0.238 e. The van der Waals surface area contributed by atoms with Crippen LogP contribution in [0.15, 0.2) is 24.3 Å². The normalized spacial score (nSPS) is 16.7. The monoisotopic (exact) mass is 462 g/mol. The first-order chi connectivity index (χ1) is 15.3. The highest BCUT2D eigenvalue weighted by atomic mass is 32.2. The lowest BCUT2D eigenvalue weighted by molar-refractivity contribution is -0.124. The topological polar surface area (TPSA) is 134 Å². The van der Waals surface area contributed by atoms with Crippen LogP contribution in [0.1, 0.15) is 43.9 Å². The zero-order chi connectivity index (χ0) is 23.3. The van der Waals surface area contributed by atoms with E-state index >= 15 is 0 Å². The minimum Gasteiger partial charge on any atom is -0.382 e. The third-order valence-corrected chi connectivity index (χ3v) is 7.47. The molecule has 172 valence electrons. The zero-order valence-electron chi connectivity index (χ0n) is 17.9. The first-order valence-electron chi connectivity index (χ1n) is 10.6. The smallest absolute Gasteiger partial charge is 0.238 e. The van der Waals surface area contributed by atoms with Crippen LogP contribution in [0.5, 0.6) is 0 Å². The molecule has 1 saturated heterocycles. The highest BCUT2D eigenvalue weighted by Crippen LogP contribution is 2.23. The molecule has 0 saturated carbocycles. The van der Waals surface area contributed by atoms with Crippen LogP contribution in [-0.4, -0.2) is 53.3 Å². The Kier molecular flexibility index (Phi) is 7.48. The van der Waals surface area contributed by atoms with Gasteiger partial charge in [-0.3, -0.25) is 4.79 Å². The van der Waals surface area contributed by atoms with Crippen LogP contribution in [0, 0.1) is 17.1 Å². The molecular formula is C21H27FN6O3S. The van der Waals surface area contributed by atoms with Crippen LogP contribution >= 0.6 is 0 Å². The third kappa shape index (κ3) is 5.08. The number of nitrogen functional groups attached to an aromatic ring is 1. The molecule has 0 bridgehead atoms. The van der Waals surface area contributed by atoms with E-state index in [1.165, 1.54) is 33.3 Å². The molecule has 2 heterocycles. The van der Waals surface area contributed by atoms with Gasteiger partial charge >= 0.3 is 0 Å². The summed E-state index contributed by atoms with van der Waals surface area (Å²) in [7, 11) is -3.43. The van der Waals surface area contributed by atoms with Gasteiger partial charge in [-0.1, -0.05) is 6.92 Å². The minimum absolute atomic E-state index is 0.0336.